The molecule has 3 heterocycles. The van der Waals surface area contributed by atoms with E-state index in [4.69, 9.17) is 14.0 Å². The average molecular weight is 401 g/mol. The first kappa shape index (κ1) is 19.7. The highest BCUT2D eigenvalue weighted by molar-refractivity contribution is 5.78. The first-order valence-corrected chi connectivity index (χ1v) is 9.85. The van der Waals surface area contributed by atoms with E-state index in [-0.39, 0.29) is 25.2 Å². The van der Waals surface area contributed by atoms with Gasteiger partial charge in [-0.25, -0.2) is 0 Å². The van der Waals surface area contributed by atoms with Gasteiger partial charge in [0.1, 0.15) is 0 Å². The lowest BCUT2D eigenvalue weighted by atomic mass is 10.0. The number of hydrogen-bond donors (Lipinski definition) is 1. The summed E-state index contributed by atoms with van der Waals surface area (Å²) in [5.74, 6) is 2.18. The van der Waals surface area contributed by atoms with Gasteiger partial charge in [0.25, 0.3) is 5.89 Å². The molecule has 156 valence electrons. The Morgan fingerprint density at radius 2 is 2.07 bits per heavy atom. The maximum Gasteiger partial charge on any atom is 0.258 e. The van der Waals surface area contributed by atoms with Crippen LogP contribution in [0.3, 0.4) is 0 Å². The normalized spacial score (nSPS) is 21.9. The molecule has 4 rings (SSSR count). The summed E-state index contributed by atoms with van der Waals surface area (Å²) >= 11 is 0. The van der Waals surface area contributed by atoms with Crippen LogP contribution in [0.4, 0.5) is 0 Å². The highest BCUT2D eigenvalue weighted by Gasteiger charge is 2.27. The van der Waals surface area contributed by atoms with Crippen molar-refractivity contribution in [2.75, 3.05) is 41.0 Å². The molecule has 0 radical (unpaired) electrons. The van der Waals surface area contributed by atoms with Crippen LogP contribution in [0.25, 0.3) is 11.5 Å². The monoisotopic (exact) mass is 401 g/mol. The lowest BCUT2D eigenvalue weighted by molar-refractivity contribution is -0.125. The molecule has 29 heavy (non-hydrogen) atoms. The molecule has 1 aromatic carbocycles. The van der Waals surface area contributed by atoms with Crippen molar-refractivity contribution in [2.24, 2.45) is 5.92 Å². The smallest absolute Gasteiger partial charge is 0.258 e. The maximum atomic E-state index is 12.7. The SMILES string of the molecule is CN1C[C@H](C(=O)NCc2noc(-c3ccc4c(c3)OCO4)n2)CC[C@H](N(C)C)C1. The molecule has 1 saturated heterocycles. The minimum absolute atomic E-state index is 0.0330. The second kappa shape index (κ2) is 8.38. The van der Waals surface area contributed by atoms with Gasteiger partial charge in [-0.15, -0.1) is 0 Å². The Hall–Kier alpha value is -2.65. The largest absolute Gasteiger partial charge is 0.454 e. The zero-order valence-electron chi connectivity index (χ0n) is 17.1. The summed E-state index contributed by atoms with van der Waals surface area (Å²) in [6, 6.07) is 5.93. The highest BCUT2D eigenvalue weighted by atomic mass is 16.7. The van der Waals surface area contributed by atoms with Crippen molar-refractivity contribution < 1.29 is 18.8 Å². The van der Waals surface area contributed by atoms with Gasteiger partial charge in [-0.05, 0) is 52.2 Å². The van der Waals surface area contributed by atoms with Crippen molar-refractivity contribution in [3.05, 3.63) is 24.0 Å². The zero-order chi connectivity index (χ0) is 20.4. The Morgan fingerprint density at radius 3 is 2.90 bits per heavy atom. The van der Waals surface area contributed by atoms with E-state index in [0.717, 1.165) is 31.5 Å². The lowest BCUT2D eigenvalue weighted by Gasteiger charge is -2.25. The predicted octanol–water partition coefficient (Wildman–Crippen LogP) is 1.35. The Kier molecular flexibility index (Phi) is 5.68. The molecule has 2 aromatic rings. The minimum atomic E-state index is -0.0369. The van der Waals surface area contributed by atoms with Crippen LogP contribution in [0.2, 0.25) is 0 Å². The van der Waals surface area contributed by atoms with Crippen molar-refractivity contribution in [1.29, 1.82) is 0 Å². The van der Waals surface area contributed by atoms with Crippen molar-refractivity contribution in [3.63, 3.8) is 0 Å². The molecule has 2 aliphatic heterocycles. The number of likely N-dealkylation sites (tertiary alicyclic amines) is 1. The van der Waals surface area contributed by atoms with Gasteiger partial charge in [-0.3, -0.25) is 4.79 Å². The minimum Gasteiger partial charge on any atom is -0.454 e. The zero-order valence-corrected chi connectivity index (χ0v) is 17.1. The van der Waals surface area contributed by atoms with Crippen LogP contribution >= 0.6 is 0 Å². The summed E-state index contributed by atoms with van der Waals surface area (Å²) in [6.45, 7) is 2.18. The standard InChI is InChI=1S/C20H27N5O4/c1-24(2)15-6-4-14(10-25(3)11-15)19(26)21-9-18-22-20(29-23-18)13-5-7-16-17(8-13)28-12-27-16/h5,7-8,14-15H,4,6,9-12H2,1-3H3,(H,21,26)/t14-,15+/m1/s1. The Bertz CT molecular complexity index is 868. The molecule has 0 aliphatic carbocycles. The number of nitrogens with zero attached hydrogens (tertiary/aromatic N) is 4. The van der Waals surface area contributed by atoms with E-state index in [2.05, 4.69) is 46.4 Å². The summed E-state index contributed by atoms with van der Waals surface area (Å²) in [4.78, 5) is 21.5. The predicted molar refractivity (Wildman–Crippen MR) is 105 cm³/mol. The van der Waals surface area contributed by atoms with Crippen molar-refractivity contribution in [3.8, 4) is 23.0 Å². The van der Waals surface area contributed by atoms with Crippen LogP contribution in [0.5, 0.6) is 11.5 Å². The van der Waals surface area contributed by atoms with Gasteiger partial charge >= 0.3 is 0 Å². The quantitative estimate of drug-likeness (QED) is 0.803. The molecule has 1 amide bonds. The van der Waals surface area contributed by atoms with E-state index in [9.17, 15) is 4.79 Å². The number of likely N-dealkylation sites (N-methyl/N-ethyl adjacent to an activating group) is 2. The number of carbonyl (C=O) groups excluding carboxylic acids is 1. The molecule has 2 aliphatic rings. The molecular weight excluding hydrogens is 374 g/mol. The van der Waals surface area contributed by atoms with Gasteiger partial charge < -0.3 is 29.1 Å². The molecular formula is C20H27N5O4. The van der Waals surface area contributed by atoms with E-state index in [1.807, 2.05) is 12.1 Å². The fourth-order valence-corrected chi connectivity index (χ4v) is 3.81. The molecule has 9 heteroatoms. The Labute approximate surface area is 169 Å². The summed E-state index contributed by atoms with van der Waals surface area (Å²) < 4.78 is 16.0. The third kappa shape index (κ3) is 4.51. The molecule has 0 spiro atoms. The van der Waals surface area contributed by atoms with Gasteiger partial charge in [0.05, 0.1) is 12.5 Å². The summed E-state index contributed by atoms with van der Waals surface area (Å²) in [5.41, 5.74) is 0.749. The van der Waals surface area contributed by atoms with E-state index in [1.54, 1.807) is 6.07 Å². The van der Waals surface area contributed by atoms with Gasteiger partial charge in [0.15, 0.2) is 17.3 Å². The molecule has 0 unspecified atom stereocenters. The first-order chi connectivity index (χ1) is 14.0. The summed E-state index contributed by atoms with van der Waals surface area (Å²) in [7, 11) is 6.25. The van der Waals surface area contributed by atoms with Crippen molar-refractivity contribution >= 4 is 5.91 Å². The van der Waals surface area contributed by atoms with Gasteiger partial charge in [0.2, 0.25) is 12.7 Å². The van der Waals surface area contributed by atoms with Crippen LogP contribution < -0.4 is 14.8 Å². The molecule has 1 aromatic heterocycles. The number of amides is 1. The van der Waals surface area contributed by atoms with Gasteiger partial charge in [-0.1, -0.05) is 5.16 Å². The Balaban J connectivity index is 1.34. The second-order valence-corrected chi connectivity index (χ2v) is 7.91. The number of ether oxygens (including phenoxy) is 2. The average Bonchev–Trinajstić information content (AvgIpc) is 3.32. The highest BCUT2D eigenvalue weighted by Crippen LogP contribution is 2.35. The van der Waals surface area contributed by atoms with Crippen molar-refractivity contribution in [1.82, 2.24) is 25.3 Å². The number of aromatic nitrogens is 2. The summed E-state index contributed by atoms with van der Waals surface area (Å²) in [5, 5.41) is 6.94. The number of carbonyl (C=O) groups is 1. The topological polar surface area (TPSA) is 93.0 Å². The van der Waals surface area contributed by atoms with E-state index >= 15 is 0 Å². The fraction of sp³-hybridized carbons (Fsp3) is 0.550. The first-order valence-electron chi connectivity index (χ1n) is 9.85. The lowest BCUT2D eigenvalue weighted by Crippen LogP contribution is -2.39. The van der Waals surface area contributed by atoms with E-state index < -0.39 is 0 Å². The molecule has 9 nitrogen and oxygen atoms in total. The van der Waals surface area contributed by atoms with Gasteiger partial charge in [0, 0.05) is 24.7 Å². The van der Waals surface area contributed by atoms with E-state index in [0.29, 0.717) is 29.3 Å². The molecule has 0 bridgehead atoms. The van der Waals surface area contributed by atoms with Crippen LogP contribution in [-0.2, 0) is 11.3 Å². The van der Waals surface area contributed by atoms with Crippen LogP contribution in [0, 0.1) is 5.92 Å². The Morgan fingerprint density at radius 1 is 1.24 bits per heavy atom. The molecule has 1 fully saturated rings. The van der Waals surface area contributed by atoms with Crippen molar-refractivity contribution in [2.45, 2.75) is 25.4 Å². The number of hydrogen-bond acceptors (Lipinski definition) is 8. The number of rotatable bonds is 5. The molecule has 1 N–H and O–H groups in total. The van der Waals surface area contributed by atoms with Gasteiger partial charge in [-0.2, -0.15) is 4.98 Å². The van der Waals surface area contributed by atoms with Crippen LogP contribution in [0.15, 0.2) is 22.7 Å². The number of benzene rings is 1. The van der Waals surface area contributed by atoms with Crippen LogP contribution in [0.1, 0.15) is 18.7 Å². The number of nitrogens with one attached hydrogen (secondary N) is 1. The summed E-state index contributed by atoms with van der Waals surface area (Å²) in [6.07, 6.45) is 1.87. The fourth-order valence-electron chi connectivity index (χ4n) is 3.81. The van der Waals surface area contributed by atoms with E-state index in [1.165, 1.54) is 0 Å². The van der Waals surface area contributed by atoms with Crippen LogP contribution in [-0.4, -0.2) is 72.9 Å². The molecule has 2 atom stereocenters. The number of fused-ring (bicyclic) bond motifs is 1. The maximum absolute atomic E-state index is 12.7. The second-order valence-electron chi connectivity index (χ2n) is 7.91. The third-order valence-electron chi connectivity index (χ3n) is 5.51. The third-order valence-corrected chi connectivity index (χ3v) is 5.51. The molecule has 0 saturated carbocycles.